The number of hydrogen-bond donors (Lipinski definition) is 3. The normalized spacial score (nSPS) is 29.4. The number of allylic oxidation sites excluding steroid dienone is 3. The smallest absolute Gasteiger partial charge is 0.409 e. The molecule has 0 radical (unpaired) electrons. The number of nitrogens with zero attached hydrogens (tertiary/aromatic N) is 2. The van der Waals surface area contributed by atoms with E-state index in [1.54, 1.807) is 69.9 Å². The van der Waals surface area contributed by atoms with Crippen LogP contribution in [0.1, 0.15) is 65.4 Å². The number of aliphatic hydroxyl groups is 1. The van der Waals surface area contributed by atoms with Crippen molar-refractivity contribution in [2.24, 2.45) is 5.92 Å². The third-order valence-electron chi connectivity index (χ3n) is 10.9. The molecule has 0 spiro atoms. The van der Waals surface area contributed by atoms with Crippen LogP contribution in [0.15, 0.2) is 35.9 Å². The topological polar surface area (TPSA) is 186 Å². The molecule has 3 aliphatic rings. The summed E-state index contributed by atoms with van der Waals surface area (Å²) in [7, 11) is 10.7. The summed E-state index contributed by atoms with van der Waals surface area (Å²) in [6.45, 7) is 6.98. The number of methoxy groups -OCH3 is 2. The van der Waals surface area contributed by atoms with Crippen molar-refractivity contribution < 1.29 is 52.8 Å². The average Bonchev–Trinajstić information content (AvgIpc) is 3.89. The molecule has 8 atom stereocenters. The predicted octanol–water partition coefficient (Wildman–Crippen LogP) is 4.81. The number of amides is 4. The molecule has 18 heteroatoms. The Labute approximate surface area is 353 Å². The Morgan fingerprint density at radius 2 is 1.90 bits per heavy atom. The first-order chi connectivity index (χ1) is 27.4. The van der Waals surface area contributed by atoms with Gasteiger partial charge in [-0.25, -0.2) is 9.59 Å². The molecule has 58 heavy (non-hydrogen) atoms. The Balaban J connectivity index is 1.61. The van der Waals surface area contributed by atoms with Crippen molar-refractivity contribution in [3.05, 3.63) is 46.5 Å². The highest BCUT2D eigenvalue weighted by atomic mass is 35.5. The minimum Gasteiger partial charge on any atom is -0.495 e. The highest BCUT2D eigenvalue weighted by molar-refractivity contribution is 8.76. The molecule has 4 bridgehead atoms. The van der Waals surface area contributed by atoms with Crippen LogP contribution >= 0.6 is 33.2 Å². The van der Waals surface area contributed by atoms with Crippen LogP contribution in [0, 0.1) is 5.92 Å². The van der Waals surface area contributed by atoms with E-state index in [4.69, 9.17) is 35.3 Å². The lowest BCUT2D eigenvalue weighted by Gasteiger charge is -2.42. The van der Waals surface area contributed by atoms with Crippen LogP contribution in [-0.4, -0.2) is 128 Å². The molecule has 3 N–H and O–H groups in total. The molecule has 3 aliphatic heterocycles. The van der Waals surface area contributed by atoms with Gasteiger partial charge in [-0.3, -0.25) is 19.7 Å². The maximum absolute atomic E-state index is 14.2. The summed E-state index contributed by atoms with van der Waals surface area (Å²) in [6.07, 6.45) is 2.16. The van der Waals surface area contributed by atoms with Gasteiger partial charge in [0.05, 0.1) is 25.3 Å². The van der Waals surface area contributed by atoms with Crippen molar-refractivity contribution in [2.45, 2.75) is 108 Å². The van der Waals surface area contributed by atoms with Crippen molar-refractivity contribution in [1.29, 1.82) is 0 Å². The Hall–Kier alpha value is -3.48. The number of fused-ring (bicyclic) bond motifs is 5. The average molecular weight is 870 g/mol. The van der Waals surface area contributed by atoms with Gasteiger partial charge >= 0.3 is 12.1 Å². The standard InChI is InChI=1S/C40H57ClN4O11S2/c1-23-12-10-13-30(53-9)40(51)22-29(54-38(50)43-40)24(2)36-39(4,56-36)31(21-34(48)45(7)27-19-26(18-23)20-28(52-8)35(27)41)55-37(49)25(3)44(6)33(47)15-17-58-57-16-11-14-32(46)42-5/h10,12-13,19-20,24-25,29-31,36,51H,11,14-18,21-22H2,1-9H3,(H,42,46)(H,43,50)/b13-10+,23-12+/t24-,25+,29+,30-,31+,36+,39+,40+/m1/s1. The van der Waals surface area contributed by atoms with E-state index in [-0.39, 0.29) is 36.1 Å². The van der Waals surface area contributed by atoms with Crippen molar-refractivity contribution in [1.82, 2.24) is 15.5 Å². The molecule has 4 amide bonds. The van der Waals surface area contributed by atoms with Gasteiger partial charge in [-0.1, -0.05) is 63.9 Å². The number of ether oxygens (including phenoxy) is 5. The van der Waals surface area contributed by atoms with E-state index in [9.17, 15) is 29.1 Å². The fourth-order valence-corrected chi connectivity index (χ4v) is 9.44. The fraction of sp³-hybridized carbons (Fsp3) is 0.625. The van der Waals surface area contributed by atoms with Gasteiger partial charge in [-0.15, -0.1) is 0 Å². The number of anilines is 1. The summed E-state index contributed by atoms with van der Waals surface area (Å²) in [4.78, 5) is 68.2. The monoisotopic (exact) mass is 868 g/mol. The van der Waals surface area contributed by atoms with E-state index >= 15 is 0 Å². The third-order valence-corrected chi connectivity index (χ3v) is 13.8. The van der Waals surface area contributed by atoms with Gasteiger partial charge < -0.3 is 43.9 Å². The molecular weight excluding hydrogens is 812 g/mol. The van der Waals surface area contributed by atoms with Crippen LogP contribution in [0.2, 0.25) is 5.02 Å². The summed E-state index contributed by atoms with van der Waals surface area (Å²) in [6, 6.07) is 2.57. The zero-order valence-corrected chi connectivity index (χ0v) is 37.0. The second kappa shape index (κ2) is 20.7. The summed E-state index contributed by atoms with van der Waals surface area (Å²) in [5.41, 5.74) is -0.970. The van der Waals surface area contributed by atoms with E-state index in [0.29, 0.717) is 30.0 Å². The van der Waals surface area contributed by atoms with E-state index < -0.39 is 65.7 Å². The van der Waals surface area contributed by atoms with E-state index in [2.05, 4.69) is 10.6 Å². The van der Waals surface area contributed by atoms with Crippen LogP contribution in [-0.2, 0) is 44.5 Å². The van der Waals surface area contributed by atoms with Gasteiger partial charge in [0.1, 0.15) is 40.7 Å². The van der Waals surface area contributed by atoms with Gasteiger partial charge in [0, 0.05) is 64.9 Å². The molecule has 0 unspecified atom stereocenters. The lowest BCUT2D eigenvalue weighted by Crippen LogP contribution is -2.63. The van der Waals surface area contributed by atoms with Gasteiger partial charge in [0.15, 0.2) is 5.72 Å². The van der Waals surface area contributed by atoms with E-state index in [0.717, 1.165) is 23.3 Å². The first-order valence-electron chi connectivity index (χ1n) is 19.2. The van der Waals surface area contributed by atoms with Gasteiger partial charge in [-0.05, 0) is 51.3 Å². The first kappa shape index (κ1) is 47.2. The van der Waals surface area contributed by atoms with Gasteiger partial charge in [-0.2, -0.15) is 0 Å². The molecule has 2 saturated heterocycles. The number of epoxide rings is 1. The number of likely N-dealkylation sites (N-methyl/N-ethyl adjacent to an activating group) is 1. The number of esters is 1. The van der Waals surface area contributed by atoms with Crippen LogP contribution < -0.4 is 20.3 Å². The highest BCUT2D eigenvalue weighted by Crippen LogP contribution is 2.49. The summed E-state index contributed by atoms with van der Waals surface area (Å²) in [5, 5.41) is 17.1. The quantitative estimate of drug-likeness (QED) is 0.106. The van der Waals surface area contributed by atoms with E-state index in [1.807, 2.05) is 13.0 Å². The number of carbonyl (C=O) groups excluding carboxylic acids is 5. The number of carbonyl (C=O) groups is 5. The lowest BCUT2D eigenvalue weighted by atomic mass is 9.83. The molecule has 2 fully saturated rings. The minimum atomic E-state index is -1.84. The summed E-state index contributed by atoms with van der Waals surface area (Å²) < 4.78 is 29.3. The summed E-state index contributed by atoms with van der Waals surface area (Å²) in [5.74, 6) is -0.380. The second-order valence-electron chi connectivity index (χ2n) is 15.1. The van der Waals surface area contributed by atoms with Gasteiger partial charge in [0.2, 0.25) is 17.7 Å². The van der Waals surface area contributed by atoms with Crippen LogP contribution in [0.25, 0.3) is 0 Å². The number of benzene rings is 1. The molecule has 3 heterocycles. The van der Waals surface area contributed by atoms with Crippen LogP contribution in [0.4, 0.5) is 10.5 Å². The number of rotatable bonds is 13. The zero-order chi connectivity index (χ0) is 42.9. The Kier molecular flexibility index (Phi) is 16.8. The molecule has 322 valence electrons. The third kappa shape index (κ3) is 11.6. The van der Waals surface area contributed by atoms with Crippen molar-refractivity contribution in [3.63, 3.8) is 0 Å². The fourth-order valence-electron chi connectivity index (χ4n) is 7.06. The molecule has 1 aromatic rings. The molecule has 1 aromatic carbocycles. The number of halogens is 1. The Morgan fingerprint density at radius 1 is 1.19 bits per heavy atom. The largest absolute Gasteiger partial charge is 0.495 e. The molecule has 0 saturated carbocycles. The van der Waals surface area contributed by atoms with Crippen molar-refractivity contribution >= 4 is 68.7 Å². The Morgan fingerprint density at radius 3 is 2.57 bits per heavy atom. The second-order valence-corrected chi connectivity index (χ2v) is 18.2. The highest BCUT2D eigenvalue weighted by Gasteiger charge is 2.64. The minimum absolute atomic E-state index is 0.0163. The van der Waals surface area contributed by atoms with Crippen LogP contribution in [0.3, 0.4) is 0 Å². The number of hydrogen-bond acceptors (Lipinski definition) is 13. The molecular formula is C40H57ClN4O11S2. The summed E-state index contributed by atoms with van der Waals surface area (Å²) >= 11 is 6.78. The molecule has 0 aromatic heterocycles. The number of nitrogens with one attached hydrogen (secondary N) is 2. The maximum atomic E-state index is 14.2. The van der Waals surface area contributed by atoms with Gasteiger partial charge in [0.25, 0.3) is 0 Å². The lowest BCUT2D eigenvalue weighted by molar-refractivity contribution is -0.162. The first-order valence-corrected chi connectivity index (χ1v) is 22.0. The van der Waals surface area contributed by atoms with E-state index in [1.165, 1.54) is 41.9 Å². The number of alkyl carbamates (subject to hydrolysis) is 1. The predicted molar refractivity (Wildman–Crippen MR) is 224 cm³/mol. The van der Waals surface area contributed by atoms with Crippen molar-refractivity contribution in [2.75, 3.05) is 51.8 Å². The molecule has 15 nitrogen and oxygen atoms in total. The molecule has 4 rings (SSSR count). The zero-order valence-electron chi connectivity index (χ0n) is 34.6. The Bertz CT molecular complexity index is 1750. The van der Waals surface area contributed by atoms with Crippen molar-refractivity contribution in [3.8, 4) is 5.75 Å². The maximum Gasteiger partial charge on any atom is 0.409 e. The SMILES string of the molecule is CNC(=O)CCCSSCCC(=O)N(C)[C@@H](C)C(=O)O[C@H]1CC(=O)N(C)c2cc(cc(OC)c2Cl)C/C(C)=C/C=C/[C@@H](OC)[C@@]2(O)C[C@H](OC(=O)N2)[C@@H](C)[C@@H]2O[C@@]12C. The molecule has 0 aliphatic carbocycles. The van der Waals surface area contributed by atoms with Crippen LogP contribution in [0.5, 0.6) is 5.75 Å².